The summed E-state index contributed by atoms with van der Waals surface area (Å²) in [5.74, 6) is 0. The molecule has 1 N–H and O–H groups in total. The van der Waals surface area contributed by atoms with Crippen LogP contribution in [0.4, 0.5) is 4.79 Å². The summed E-state index contributed by atoms with van der Waals surface area (Å²) in [6.07, 6.45) is 5.01. The minimum atomic E-state index is -0.148. The Hall–Kier alpha value is -1.91. The monoisotopic (exact) mass is 190 g/mol. The molecule has 0 unspecified atom stereocenters. The Kier molecular flexibility index (Phi) is 2.40. The van der Waals surface area contributed by atoms with Crippen molar-refractivity contribution in [3.8, 4) is 0 Å². The highest BCUT2D eigenvalue weighted by Gasteiger charge is 2.17. The Morgan fingerprint density at radius 2 is 2.57 bits per heavy atom. The highest BCUT2D eigenvalue weighted by atomic mass is 16.2. The molecule has 0 spiro atoms. The lowest BCUT2D eigenvalue weighted by molar-refractivity contribution is 0.219. The number of rotatable bonds is 2. The van der Waals surface area contributed by atoms with E-state index >= 15 is 0 Å². The Labute approximate surface area is 81.4 Å². The summed E-state index contributed by atoms with van der Waals surface area (Å²) >= 11 is 0. The largest absolute Gasteiger partial charge is 0.337 e. The summed E-state index contributed by atoms with van der Waals surface area (Å²) in [5, 5.41) is 8.09. The molecule has 2 heterocycles. The highest BCUT2D eigenvalue weighted by Crippen LogP contribution is 1.98. The maximum atomic E-state index is 11.1. The quantitative estimate of drug-likeness (QED) is 0.688. The lowest BCUT2D eigenvalue weighted by Crippen LogP contribution is -2.23. The van der Waals surface area contributed by atoms with Gasteiger partial charge in [0.2, 0.25) is 0 Å². The molecule has 1 aliphatic rings. The Bertz CT molecular complexity index is 349. The van der Waals surface area contributed by atoms with Gasteiger partial charge in [0, 0.05) is 24.5 Å². The van der Waals surface area contributed by atoms with Gasteiger partial charge in [0.05, 0.1) is 12.8 Å². The number of urea groups is 1. The maximum absolute atomic E-state index is 11.1. The first kappa shape index (κ1) is 8.68. The maximum Gasteiger partial charge on any atom is 0.337 e. The summed E-state index contributed by atoms with van der Waals surface area (Å²) in [5.41, 5.74) is 0.882. The zero-order valence-electron chi connectivity index (χ0n) is 7.55. The molecule has 1 aliphatic heterocycles. The smallest absolute Gasteiger partial charge is 0.335 e. The summed E-state index contributed by atoms with van der Waals surface area (Å²) in [6.45, 7) is 1.28. The fraction of sp³-hybridized carbons (Fsp3) is 0.222. The second-order valence-corrected chi connectivity index (χ2v) is 2.89. The van der Waals surface area contributed by atoms with Crippen LogP contribution in [0.2, 0.25) is 0 Å². The third-order valence-corrected chi connectivity index (χ3v) is 1.86. The highest BCUT2D eigenvalue weighted by molar-refractivity contribution is 5.82. The van der Waals surface area contributed by atoms with E-state index in [9.17, 15) is 4.79 Å². The molecular formula is C9H10N4O. The van der Waals surface area contributed by atoms with E-state index in [-0.39, 0.29) is 6.03 Å². The third-order valence-electron chi connectivity index (χ3n) is 1.86. The number of hydrogen-bond donors (Lipinski definition) is 1. The van der Waals surface area contributed by atoms with Crippen molar-refractivity contribution in [1.29, 1.82) is 0 Å². The lowest BCUT2D eigenvalue weighted by atomic mass is 10.3. The number of aromatic nitrogens is 1. The Balaban J connectivity index is 2.03. The van der Waals surface area contributed by atoms with E-state index in [4.69, 9.17) is 0 Å². The van der Waals surface area contributed by atoms with Crippen molar-refractivity contribution in [3.63, 3.8) is 0 Å². The van der Waals surface area contributed by atoms with Gasteiger partial charge in [0.25, 0.3) is 0 Å². The van der Waals surface area contributed by atoms with Gasteiger partial charge in [0.15, 0.2) is 0 Å². The molecule has 0 atom stereocenters. The number of carbonyl (C=O) groups is 1. The molecule has 5 nitrogen and oxygen atoms in total. The van der Waals surface area contributed by atoms with Crippen molar-refractivity contribution in [2.75, 3.05) is 13.1 Å². The molecule has 1 fully saturated rings. The van der Waals surface area contributed by atoms with Crippen molar-refractivity contribution in [2.45, 2.75) is 0 Å². The van der Waals surface area contributed by atoms with E-state index in [1.54, 1.807) is 18.6 Å². The standard InChI is InChI=1S/C9H10N4O/c14-9-11-4-5-13(9)12-7-8-2-1-3-10-6-8/h1-3,6-7H,4-5H2,(H,11,14)/b12-7+. The first-order chi connectivity index (χ1) is 6.86. The van der Waals surface area contributed by atoms with Gasteiger partial charge in [-0.1, -0.05) is 6.07 Å². The van der Waals surface area contributed by atoms with Crippen LogP contribution in [0.5, 0.6) is 0 Å². The molecular weight excluding hydrogens is 180 g/mol. The molecule has 0 radical (unpaired) electrons. The van der Waals surface area contributed by atoms with Crippen LogP contribution in [-0.4, -0.2) is 35.3 Å². The fourth-order valence-electron chi connectivity index (χ4n) is 1.16. The number of hydrogen-bond acceptors (Lipinski definition) is 3. The minimum Gasteiger partial charge on any atom is -0.335 e. The summed E-state index contributed by atoms with van der Waals surface area (Å²) in [4.78, 5) is 15.0. The molecule has 1 saturated heterocycles. The van der Waals surface area contributed by atoms with Crippen molar-refractivity contribution < 1.29 is 4.79 Å². The predicted octanol–water partition coefficient (Wildman–Crippen LogP) is 0.441. The van der Waals surface area contributed by atoms with Crippen LogP contribution in [0.3, 0.4) is 0 Å². The zero-order valence-corrected chi connectivity index (χ0v) is 7.55. The summed E-state index contributed by atoms with van der Waals surface area (Å²) < 4.78 is 0. The van der Waals surface area contributed by atoms with Gasteiger partial charge in [-0.15, -0.1) is 0 Å². The van der Waals surface area contributed by atoms with Crippen LogP contribution in [0, 0.1) is 0 Å². The molecule has 2 amide bonds. The summed E-state index contributed by atoms with van der Waals surface area (Å²) in [7, 11) is 0. The minimum absolute atomic E-state index is 0.148. The number of nitrogens with zero attached hydrogens (tertiary/aromatic N) is 3. The first-order valence-electron chi connectivity index (χ1n) is 4.35. The van der Waals surface area contributed by atoms with Gasteiger partial charge < -0.3 is 5.32 Å². The van der Waals surface area contributed by atoms with Crippen molar-refractivity contribution in [3.05, 3.63) is 30.1 Å². The normalized spacial score (nSPS) is 16.3. The number of nitrogens with one attached hydrogen (secondary N) is 1. The molecule has 5 heteroatoms. The molecule has 1 aromatic heterocycles. The van der Waals surface area contributed by atoms with E-state index in [1.807, 2.05) is 12.1 Å². The van der Waals surface area contributed by atoms with Crippen LogP contribution < -0.4 is 5.32 Å². The van der Waals surface area contributed by atoms with Gasteiger partial charge in [-0.05, 0) is 6.07 Å². The number of carbonyl (C=O) groups excluding carboxylic acids is 1. The van der Waals surface area contributed by atoms with Crippen LogP contribution in [0.15, 0.2) is 29.6 Å². The molecule has 0 aliphatic carbocycles. The van der Waals surface area contributed by atoms with E-state index < -0.39 is 0 Å². The SMILES string of the molecule is O=C1NCCN1/N=C/c1cccnc1. The number of pyridine rings is 1. The molecule has 2 rings (SSSR count). The molecule has 72 valence electrons. The second-order valence-electron chi connectivity index (χ2n) is 2.89. The van der Waals surface area contributed by atoms with Gasteiger partial charge in [0.1, 0.15) is 0 Å². The van der Waals surface area contributed by atoms with Crippen LogP contribution >= 0.6 is 0 Å². The van der Waals surface area contributed by atoms with E-state index in [2.05, 4.69) is 15.4 Å². The van der Waals surface area contributed by atoms with Crippen molar-refractivity contribution in [2.24, 2.45) is 5.10 Å². The topological polar surface area (TPSA) is 57.6 Å². The average Bonchev–Trinajstić information content (AvgIpc) is 2.63. The van der Waals surface area contributed by atoms with E-state index in [0.717, 1.165) is 5.56 Å². The summed E-state index contributed by atoms with van der Waals surface area (Å²) in [6, 6.07) is 3.56. The van der Waals surface area contributed by atoms with Crippen LogP contribution in [0.25, 0.3) is 0 Å². The Morgan fingerprint density at radius 1 is 1.64 bits per heavy atom. The second kappa shape index (κ2) is 3.87. The van der Waals surface area contributed by atoms with Crippen molar-refractivity contribution in [1.82, 2.24) is 15.3 Å². The van der Waals surface area contributed by atoms with Gasteiger partial charge in [-0.3, -0.25) is 4.98 Å². The van der Waals surface area contributed by atoms with Crippen LogP contribution in [0.1, 0.15) is 5.56 Å². The molecule has 0 saturated carbocycles. The Morgan fingerprint density at radius 3 is 3.21 bits per heavy atom. The van der Waals surface area contributed by atoms with E-state index in [0.29, 0.717) is 13.1 Å². The van der Waals surface area contributed by atoms with E-state index in [1.165, 1.54) is 5.01 Å². The molecule has 1 aromatic rings. The molecule has 14 heavy (non-hydrogen) atoms. The fourth-order valence-corrected chi connectivity index (χ4v) is 1.16. The predicted molar refractivity (Wildman–Crippen MR) is 51.9 cm³/mol. The van der Waals surface area contributed by atoms with Gasteiger partial charge in [-0.2, -0.15) is 5.10 Å². The lowest BCUT2D eigenvalue weighted by Gasteiger charge is -2.04. The van der Waals surface area contributed by atoms with Gasteiger partial charge >= 0.3 is 6.03 Å². The number of hydrazone groups is 1. The third kappa shape index (κ3) is 1.87. The zero-order chi connectivity index (χ0) is 9.80. The average molecular weight is 190 g/mol. The molecule has 0 aromatic carbocycles. The van der Waals surface area contributed by atoms with Gasteiger partial charge in [-0.25, -0.2) is 9.80 Å². The number of amides is 2. The first-order valence-corrected chi connectivity index (χ1v) is 4.35. The van der Waals surface area contributed by atoms with Crippen LogP contribution in [-0.2, 0) is 0 Å². The van der Waals surface area contributed by atoms with Crippen molar-refractivity contribution >= 4 is 12.2 Å². The molecule has 0 bridgehead atoms.